The molecule has 0 N–H and O–H groups in total. The minimum atomic E-state index is -3.27. The summed E-state index contributed by atoms with van der Waals surface area (Å²) in [5.74, 6) is 0.255. The Morgan fingerprint density at radius 1 is 0.862 bits per heavy atom. The van der Waals surface area contributed by atoms with E-state index in [1.54, 1.807) is 24.1 Å². The minimum Gasteiger partial charge on any atom is -0.484 e. The fourth-order valence-electron chi connectivity index (χ4n) is 3.08. The van der Waals surface area contributed by atoms with Crippen LogP contribution in [-0.2, 0) is 14.6 Å². The molecule has 0 aliphatic carbocycles. The molecule has 0 atom stereocenters. The molecule has 0 aromatic heterocycles. The van der Waals surface area contributed by atoms with E-state index < -0.39 is 9.84 Å². The Labute approximate surface area is 171 Å². The predicted molar refractivity (Wildman–Crippen MR) is 113 cm³/mol. The van der Waals surface area contributed by atoms with Crippen LogP contribution >= 0.6 is 0 Å². The molecule has 0 heterocycles. The number of ether oxygens (including phenoxy) is 1. The van der Waals surface area contributed by atoms with Crippen LogP contribution in [0.2, 0.25) is 0 Å². The van der Waals surface area contributed by atoms with Gasteiger partial charge >= 0.3 is 0 Å². The number of carbonyl (C=O) groups is 1. The highest BCUT2D eigenvalue weighted by atomic mass is 32.2. The zero-order valence-corrected chi connectivity index (χ0v) is 17.2. The maximum absolute atomic E-state index is 12.8. The number of amides is 1. The van der Waals surface area contributed by atoms with Gasteiger partial charge in [0.1, 0.15) is 5.75 Å². The van der Waals surface area contributed by atoms with E-state index in [-0.39, 0.29) is 23.5 Å². The van der Waals surface area contributed by atoms with Crippen molar-refractivity contribution in [2.24, 2.45) is 0 Å². The molecule has 6 heteroatoms. The summed E-state index contributed by atoms with van der Waals surface area (Å²) in [5, 5.41) is 0. The third-order valence-electron chi connectivity index (χ3n) is 4.63. The number of carbonyl (C=O) groups excluding carboxylic acids is 1. The topological polar surface area (TPSA) is 63.7 Å². The standard InChI is InChI=1S/C23H23NO4S/c1-24(22(25)17-28-20-13-15-21(16-14-20)29(2,26)27)23(18-9-5-3-6-10-18)19-11-7-4-8-12-19/h3-16,23H,17H2,1-2H3. The first kappa shape index (κ1) is 20.6. The number of rotatable bonds is 7. The van der Waals surface area contributed by atoms with Gasteiger partial charge in [0.25, 0.3) is 5.91 Å². The average Bonchev–Trinajstić information content (AvgIpc) is 2.73. The van der Waals surface area contributed by atoms with Gasteiger partial charge in [0.05, 0.1) is 10.9 Å². The Morgan fingerprint density at radius 3 is 1.79 bits per heavy atom. The van der Waals surface area contributed by atoms with Crippen LogP contribution in [0.25, 0.3) is 0 Å². The molecule has 0 unspecified atom stereocenters. The number of hydrogen-bond acceptors (Lipinski definition) is 4. The summed E-state index contributed by atoms with van der Waals surface area (Å²) in [5.41, 5.74) is 2.01. The van der Waals surface area contributed by atoms with E-state index in [2.05, 4.69) is 0 Å². The molecular formula is C23H23NO4S. The van der Waals surface area contributed by atoms with Crippen molar-refractivity contribution in [1.29, 1.82) is 0 Å². The molecule has 3 rings (SSSR count). The van der Waals surface area contributed by atoms with Gasteiger partial charge in [-0.2, -0.15) is 0 Å². The van der Waals surface area contributed by atoms with Crippen molar-refractivity contribution in [3.05, 3.63) is 96.1 Å². The van der Waals surface area contributed by atoms with Crippen molar-refractivity contribution in [3.63, 3.8) is 0 Å². The van der Waals surface area contributed by atoms with Gasteiger partial charge in [-0.25, -0.2) is 8.42 Å². The number of nitrogens with zero attached hydrogens (tertiary/aromatic N) is 1. The average molecular weight is 410 g/mol. The smallest absolute Gasteiger partial charge is 0.261 e. The number of sulfone groups is 1. The molecule has 0 fully saturated rings. The van der Waals surface area contributed by atoms with Crippen LogP contribution in [0.3, 0.4) is 0 Å². The Morgan fingerprint density at radius 2 is 1.34 bits per heavy atom. The monoisotopic (exact) mass is 409 g/mol. The quantitative estimate of drug-likeness (QED) is 0.597. The van der Waals surface area contributed by atoms with Gasteiger partial charge in [0.2, 0.25) is 0 Å². The second-order valence-corrected chi connectivity index (χ2v) is 8.78. The van der Waals surface area contributed by atoms with Crippen molar-refractivity contribution in [2.45, 2.75) is 10.9 Å². The van der Waals surface area contributed by atoms with Gasteiger partial charge in [-0.3, -0.25) is 4.79 Å². The first-order valence-electron chi connectivity index (χ1n) is 9.15. The lowest BCUT2D eigenvalue weighted by molar-refractivity contribution is -0.133. The van der Waals surface area contributed by atoms with Crippen LogP contribution in [0.5, 0.6) is 5.75 Å². The molecule has 0 aliphatic rings. The number of benzene rings is 3. The molecule has 150 valence electrons. The van der Waals surface area contributed by atoms with Gasteiger partial charge in [-0.15, -0.1) is 0 Å². The molecule has 5 nitrogen and oxygen atoms in total. The predicted octanol–water partition coefficient (Wildman–Crippen LogP) is 3.72. The fraction of sp³-hybridized carbons (Fsp3) is 0.174. The van der Waals surface area contributed by atoms with Crippen LogP contribution < -0.4 is 4.74 Å². The molecule has 0 saturated carbocycles. The largest absolute Gasteiger partial charge is 0.484 e. The summed E-state index contributed by atoms with van der Waals surface area (Å²) in [6.45, 7) is -0.148. The number of likely N-dealkylation sites (N-methyl/N-ethyl adjacent to an activating group) is 1. The summed E-state index contributed by atoms with van der Waals surface area (Å²) < 4.78 is 28.7. The van der Waals surface area contributed by atoms with Gasteiger partial charge in [-0.05, 0) is 35.4 Å². The first-order chi connectivity index (χ1) is 13.9. The summed E-state index contributed by atoms with van der Waals surface area (Å²) in [4.78, 5) is 14.7. The first-order valence-corrected chi connectivity index (χ1v) is 11.0. The highest BCUT2D eigenvalue weighted by molar-refractivity contribution is 7.90. The molecular weight excluding hydrogens is 386 g/mol. The van der Waals surface area contributed by atoms with Crippen molar-refractivity contribution >= 4 is 15.7 Å². The van der Waals surface area contributed by atoms with Crippen LogP contribution in [0, 0.1) is 0 Å². The summed E-state index contributed by atoms with van der Waals surface area (Å²) in [7, 11) is -1.51. The van der Waals surface area contributed by atoms with Gasteiger partial charge < -0.3 is 9.64 Å². The second kappa shape index (κ2) is 8.92. The normalized spacial score (nSPS) is 11.3. The van der Waals surface area contributed by atoms with Crippen LogP contribution in [0.1, 0.15) is 17.2 Å². The van der Waals surface area contributed by atoms with Crippen molar-refractivity contribution in [2.75, 3.05) is 19.9 Å². The maximum atomic E-state index is 12.8. The Bertz CT molecular complexity index is 1010. The third kappa shape index (κ3) is 5.23. The minimum absolute atomic E-state index is 0.148. The van der Waals surface area contributed by atoms with Crippen molar-refractivity contribution < 1.29 is 17.9 Å². The maximum Gasteiger partial charge on any atom is 0.261 e. The second-order valence-electron chi connectivity index (χ2n) is 6.76. The molecule has 0 spiro atoms. The number of hydrogen-bond donors (Lipinski definition) is 0. The lowest BCUT2D eigenvalue weighted by Crippen LogP contribution is -2.35. The highest BCUT2D eigenvalue weighted by Crippen LogP contribution is 2.27. The molecule has 29 heavy (non-hydrogen) atoms. The molecule has 0 radical (unpaired) electrons. The summed E-state index contributed by atoms with van der Waals surface area (Å²) >= 11 is 0. The molecule has 1 amide bonds. The lowest BCUT2D eigenvalue weighted by Gasteiger charge is -2.29. The van der Waals surface area contributed by atoms with Crippen LogP contribution in [0.15, 0.2) is 89.8 Å². The third-order valence-corrected chi connectivity index (χ3v) is 5.75. The lowest BCUT2D eigenvalue weighted by atomic mass is 9.97. The molecule has 0 bridgehead atoms. The molecule has 0 aliphatic heterocycles. The summed E-state index contributed by atoms with van der Waals surface area (Å²) in [6.07, 6.45) is 1.15. The van der Waals surface area contributed by atoms with E-state index >= 15 is 0 Å². The van der Waals surface area contributed by atoms with Crippen LogP contribution in [0.4, 0.5) is 0 Å². The summed E-state index contributed by atoms with van der Waals surface area (Å²) in [6, 6.07) is 25.4. The van der Waals surface area contributed by atoms with E-state index in [1.165, 1.54) is 12.1 Å². The highest BCUT2D eigenvalue weighted by Gasteiger charge is 2.23. The van der Waals surface area contributed by atoms with E-state index in [0.29, 0.717) is 5.75 Å². The zero-order valence-electron chi connectivity index (χ0n) is 16.4. The Kier molecular flexibility index (Phi) is 6.34. The SMILES string of the molecule is CN(C(=O)COc1ccc(S(C)(=O)=O)cc1)C(c1ccccc1)c1ccccc1. The van der Waals surface area contributed by atoms with E-state index in [0.717, 1.165) is 17.4 Å². The van der Waals surface area contributed by atoms with Crippen LogP contribution in [-0.4, -0.2) is 39.1 Å². The fourth-order valence-corrected chi connectivity index (χ4v) is 3.71. The molecule has 3 aromatic carbocycles. The van der Waals surface area contributed by atoms with E-state index in [9.17, 15) is 13.2 Å². The van der Waals surface area contributed by atoms with Gasteiger partial charge in [-0.1, -0.05) is 60.7 Å². The molecule has 0 saturated heterocycles. The van der Waals surface area contributed by atoms with Gasteiger partial charge in [0.15, 0.2) is 16.4 Å². The van der Waals surface area contributed by atoms with Crippen molar-refractivity contribution in [1.82, 2.24) is 4.90 Å². The van der Waals surface area contributed by atoms with E-state index in [1.807, 2.05) is 60.7 Å². The van der Waals surface area contributed by atoms with E-state index in [4.69, 9.17) is 4.74 Å². The Hall–Kier alpha value is -3.12. The Balaban J connectivity index is 1.74. The molecule has 3 aromatic rings. The van der Waals surface area contributed by atoms with Gasteiger partial charge in [0, 0.05) is 13.3 Å². The van der Waals surface area contributed by atoms with Crippen molar-refractivity contribution in [3.8, 4) is 5.75 Å². The zero-order chi connectivity index (χ0) is 20.9.